The van der Waals surface area contributed by atoms with Crippen LogP contribution in [0.4, 0.5) is 0 Å². The van der Waals surface area contributed by atoms with E-state index in [1.165, 1.54) is 64.0 Å². The van der Waals surface area contributed by atoms with Gasteiger partial charge in [-0.3, -0.25) is 47.9 Å². The van der Waals surface area contributed by atoms with Gasteiger partial charge in [-0.25, -0.2) is 0 Å². The zero-order valence-electron chi connectivity index (χ0n) is 58.8. The molecular formula is C72H100N10O15S2. The lowest BCUT2D eigenvalue weighted by Crippen LogP contribution is -2.64. The number of rotatable bonds is 18. The molecule has 0 aliphatic carbocycles. The summed E-state index contributed by atoms with van der Waals surface area (Å²) >= 11 is 2.87. The molecule has 4 aromatic carbocycles. The lowest BCUT2D eigenvalue weighted by molar-refractivity contribution is -0.147. The molecule has 2 bridgehead atoms. The van der Waals surface area contributed by atoms with Gasteiger partial charge in [-0.15, -0.1) is 0 Å². The minimum atomic E-state index is -1.51. The Morgan fingerprint density at radius 1 is 0.525 bits per heavy atom. The summed E-state index contributed by atoms with van der Waals surface area (Å²) < 4.78 is 27.5. The van der Waals surface area contributed by atoms with E-state index in [9.17, 15) is 28.8 Å². The van der Waals surface area contributed by atoms with Crippen molar-refractivity contribution in [3.05, 3.63) is 125 Å². The van der Waals surface area contributed by atoms with Crippen molar-refractivity contribution < 1.29 is 71.6 Å². The highest BCUT2D eigenvalue weighted by atomic mass is 32.2. The average Bonchev–Trinajstić information content (AvgIpc) is 1.68. The maximum atomic E-state index is 15.3. The maximum Gasteiger partial charge on any atom is 0.246 e. The molecule has 6 rings (SSSR count). The predicted molar refractivity (Wildman–Crippen MR) is 379 cm³/mol. The van der Waals surface area contributed by atoms with Crippen molar-refractivity contribution in [1.29, 1.82) is 0 Å². The summed E-state index contributed by atoms with van der Waals surface area (Å²) in [5.74, 6) is -4.56. The number of nitrogens with one attached hydrogen (secondary N) is 8. The molecule has 25 nitrogen and oxygen atoms in total. The van der Waals surface area contributed by atoms with E-state index >= 15 is 19.2 Å². The van der Waals surface area contributed by atoms with Crippen molar-refractivity contribution >= 4 is 82.6 Å². The Hall–Kier alpha value is -8.40. The third kappa shape index (κ3) is 23.9. The first-order valence-corrected chi connectivity index (χ1v) is 35.7. The monoisotopic (exact) mass is 1410 g/mol. The fourth-order valence-electron chi connectivity index (χ4n) is 11.6. The Bertz CT molecular complexity index is 3380. The number of thioether (sulfide) groups is 2. The van der Waals surface area contributed by atoms with Crippen LogP contribution in [0.3, 0.4) is 0 Å². The molecular weight excluding hydrogens is 1310 g/mol. The highest BCUT2D eigenvalue weighted by Gasteiger charge is 2.49. The van der Waals surface area contributed by atoms with Gasteiger partial charge in [-0.05, 0) is 123 Å². The Morgan fingerprint density at radius 2 is 0.929 bits per heavy atom. The van der Waals surface area contributed by atoms with Crippen molar-refractivity contribution in [2.45, 2.75) is 177 Å². The van der Waals surface area contributed by atoms with Gasteiger partial charge in [-0.2, -0.15) is 23.5 Å². The number of amides is 10. The second kappa shape index (κ2) is 38.8. The number of carbonyl (C=O) groups excluding carboxylic acids is 10. The fourth-order valence-corrected chi connectivity index (χ4v) is 13.5. The standard InChI is InChI=1S/C72H100N10O15S2/c1-42(2)33-54-64(85)75-57(37-47-19-25-52(96-11)26-20-47)66(87)76-56(36-46-17-23-51(95-10)24-18-46)65(86)74-55(34-43(3)4)67(88)81-62(45(6)94-9)69(90)78-58(38-48-21-27-53(97-12)28-22-48)70(91)82-31-14-30-72(82,7)71(92)79-59(63(73)84)41-99-40-50-16-13-15-49(35-50)39-98-32-29-60(83)80-61(44(5)93-8)68(89)77-54/h13,15-28,35,42-45,54-59,61-62H,14,29-34,36-41H2,1-12H3,(H2,73,84)(H,74,86)(H,75,85)(H,76,87)(H,77,89)(H,78,90)(H,79,92)(H,80,83)(H,81,88)/t44-,45-,54+,55+,56+,57+,58+,59-,61+,62+,72+/m1/s1. The summed E-state index contributed by atoms with van der Waals surface area (Å²) in [6, 6.07) is 17.6. The Balaban J connectivity index is 1.41. The summed E-state index contributed by atoms with van der Waals surface area (Å²) in [7, 11) is 7.25. The molecule has 0 saturated carbocycles. The molecule has 2 heterocycles. The van der Waals surface area contributed by atoms with Gasteiger partial charge >= 0.3 is 0 Å². The first-order chi connectivity index (χ1) is 47.2. The average molecular weight is 1410 g/mol. The van der Waals surface area contributed by atoms with Gasteiger partial charge in [0.1, 0.15) is 71.1 Å². The van der Waals surface area contributed by atoms with Crippen LogP contribution in [0.15, 0.2) is 97.1 Å². The quantitative estimate of drug-likeness (QED) is 0.0673. The number of primary amides is 1. The van der Waals surface area contributed by atoms with Gasteiger partial charge in [0.15, 0.2) is 0 Å². The van der Waals surface area contributed by atoms with E-state index in [0.29, 0.717) is 57.6 Å². The molecule has 4 aromatic rings. The minimum absolute atomic E-state index is 0.0275. The third-order valence-corrected chi connectivity index (χ3v) is 19.7. The lowest BCUT2D eigenvalue weighted by atomic mass is 9.95. The molecule has 1 saturated heterocycles. The second-order valence-electron chi connectivity index (χ2n) is 26.1. The van der Waals surface area contributed by atoms with Crippen LogP contribution in [0.2, 0.25) is 0 Å². The van der Waals surface area contributed by atoms with Crippen molar-refractivity contribution in [2.75, 3.05) is 53.6 Å². The normalized spacial score (nSPS) is 24.3. The first-order valence-electron chi connectivity index (χ1n) is 33.4. The maximum absolute atomic E-state index is 15.3. The van der Waals surface area contributed by atoms with Gasteiger partial charge in [-0.1, -0.05) is 88.4 Å². The van der Waals surface area contributed by atoms with Gasteiger partial charge in [0.2, 0.25) is 59.1 Å². The molecule has 27 heteroatoms. The Morgan fingerprint density at radius 3 is 1.37 bits per heavy atom. The summed E-state index contributed by atoms with van der Waals surface area (Å²) in [5, 5.41) is 22.8. The minimum Gasteiger partial charge on any atom is -0.497 e. The van der Waals surface area contributed by atoms with Crippen molar-refractivity contribution in [2.24, 2.45) is 17.6 Å². The molecule has 1 fully saturated rings. The van der Waals surface area contributed by atoms with E-state index in [-0.39, 0.29) is 69.1 Å². The van der Waals surface area contributed by atoms with E-state index in [0.717, 1.165) is 11.1 Å². The van der Waals surface area contributed by atoms with Crippen LogP contribution in [-0.2, 0) is 88.2 Å². The zero-order chi connectivity index (χ0) is 72.5. The van der Waals surface area contributed by atoms with E-state index in [4.69, 9.17) is 29.4 Å². The van der Waals surface area contributed by atoms with Crippen molar-refractivity contribution in [3.8, 4) is 17.2 Å². The Labute approximate surface area is 589 Å². The molecule has 11 atom stereocenters. The van der Waals surface area contributed by atoms with Crippen LogP contribution in [0.25, 0.3) is 0 Å². The first kappa shape index (κ1) is 79.6. The lowest BCUT2D eigenvalue weighted by Gasteiger charge is -2.37. The van der Waals surface area contributed by atoms with Crippen LogP contribution in [0.5, 0.6) is 17.2 Å². The topological polar surface area (TPSA) is 342 Å². The molecule has 10 N–H and O–H groups in total. The molecule has 10 amide bonds. The van der Waals surface area contributed by atoms with Crippen LogP contribution < -0.4 is 62.5 Å². The highest BCUT2D eigenvalue weighted by Crippen LogP contribution is 2.32. The zero-order valence-corrected chi connectivity index (χ0v) is 60.5. The van der Waals surface area contributed by atoms with E-state index in [1.54, 1.807) is 93.6 Å². The SMILES string of the molecule is COc1ccc(C[C@@H]2NC(=O)[C@H](Cc3ccc(OC)cc3)NC(=O)[C@H](CC(C)C)NC(=O)[C@H]([C@@H](C)OC)NC(=O)CCSCc3cccc(c3)CSC[C@H](C(N)=O)NC(=O)[C@]3(C)CCCN3C(=O)[C@H](Cc3ccc(OC)cc3)NC(=O)[C@H]([C@@H](C)OC)NC(=O)[C@H](CC(C)C)NC2=O)cc1. The number of fused-ring (bicyclic) bond motifs is 3. The van der Waals surface area contributed by atoms with Crippen LogP contribution in [0, 0.1) is 11.8 Å². The molecule has 0 aromatic heterocycles. The predicted octanol–water partition coefficient (Wildman–Crippen LogP) is 4.22. The van der Waals surface area contributed by atoms with Crippen molar-refractivity contribution in [3.63, 3.8) is 0 Å². The summed E-state index contributed by atoms with van der Waals surface area (Å²) in [5.41, 5.74) is 8.08. The molecule has 0 radical (unpaired) electrons. The number of benzene rings is 4. The number of hydrogen-bond acceptors (Lipinski definition) is 17. The van der Waals surface area contributed by atoms with Gasteiger partial charge in [0.05, 0.1) is 33.5 Å². The second-order valence-corrected chi connectivity index (χ2v) is 28.2. The molecule has 0 spiro atoms. The van der Waals surface area contributed by atoms with Crippen LogP contribution >= 0.6 is 23.5 Å². The van der Waals surface area contributed by atoms with Gasteiger partial charge in [0, 0.05) is 69.5 Å². The molecule has 2 aliphatic heterocycles. The van der Waals surface area contributed by atoms with Gasteiger partial charge in [0.25, 0.3) is 0 Å². The largest absolute Gasteiger partial charge is 0.497 e. The Kier molecular flexibility index (Phi) is 31.2. The number of nitrogens with two attached hydrogens (primary N) is 1. The highest BCUT2D eigenvalue weighted by molar-refractivity contribution is 7.98. The number of ether oxygens (including phenoxy) is 5. The van der Waals surface area contributed by atoms with Crippen LogP contribution in [-0.4, -0.2) is 184 Å². The van der Waals surface area contributed by atoms with E-state index in [1.807, 2.05) is 52.0 Å². The van der Waals surface area contributed by atoms with Crippen LogP contribution in [0.1, 0.15) is 108 Å². The number of carbonyl (C=O) groups is 10. The molecule has 99 heavy (non-hydrogen) atoms. The smallest absolute Gasteiger partial charge is 0.246 e. The summed E-state index contributed by atoms with van der Waals surface area (Å²) in [4.78, 5) is 148. The molecule has 540 valence electrons. The fraction of sp³-hybridized carbons (Fsp3) is 0.528. The number of methoxy groups -OCH3 is 5. The summed E-state index contributed by atoms with van der Waals surface area (Å²) in [6.07, 6.45) is -1.46. The number of nitrogens with zero attached hydrogens (tertiary/aromatic N) is 1. The third-order valence-electron chi connectivity index (χ3n) is 17.6. The molecule has 2 aliphatic rings. The van der Waals surface area contributed by atoms with E-state index < -0.39 is 125 Å². The van der Waals surface area contributed by atoms with E-state index in [2.05, 4.69) is 42.5 Å². The molecule has 0 unspecified atom stereocenters. The number of hydrogen-bond donors (Lipinski definition) is 9. The van der Waals surface area contributed by atoms with Crippen molar-refractivity contribution in [1.82, 2.24) is 47.4 Å². The summed E-state index contributed by atoms with van der Waals surface area (Å²) in [6.45, 7) is 12.3. The van der Waals surface area contributed by atoms with Gasteiger partial charge < -0.3 is 76.9 Å².